The van der Waals surface area contributed by atoms with E-state index in [0.29, 0.717) is 12.8 Å². The Bertz CT molecular complexity index is 550. The number of nitrogens with one attached hydrogen (secondary N) is 2. The molecule has 0 bridgehead atoms. The van der Waals surface area contributed by atoms with E-state index < -0.39 is 25.5 Å². The van der Waals surface area contributed by atoms with Gasteiger partial charge in [-0.3, -0.25) is 0 Å². The van der Waals surface area contributed by atoms with E-state index in [1.807, 2.05) is 13.8 Å². The van der Waals surface area contributed by atoms with Crippen LogP contribution in [0.4, 0.5) is 0 Å². The Hall–Kier alpha value is -0.180. The summed E-state index contributed by atoms with van der Waals surface area (Å²) in [6.45, 7) is 8.51. The third-order valence-electron chi connectivity index (χ3n) is 5.07. The average molecular weight is 455 g/mol. The van der Waals surface area contributed by atoms with Gasteiger partial charge >= 0.3 is 0 Å². The van der Waals surface area contributed by atoms with Crippen LogP contribution in [0, 0.1) is 5.41 Å². The van der Waals surface area contributed by atoms with Crippen LogP contribution in [0.15, 0.2) is 0 Å². The van der Waals surface area contributed by atoms with E-state index >= 15 is 0 Å². The van der Waals surface area contributed by atoms with E-state index in [1.165, 1.54) is 25.7 Å². The molecule has 0 aromatic carbocycles. The molecule has 8 heteroatoms. The molecule has 0 heterocycles. The standard InChI is InChI=1S/C21H46N2O4S2/c1-5-7-9-11-13-15-17-28(24,25)22-19-21(3,4)20-23-29(26,27)18-16-14-12-10-8-6-2/h22-23H,5-20H2,1-4H3. The van der Waals surface area contributed by atoms with Gasteiger partial charge in [-0.1, -0.05) is 91.9 Å². The fourth-order valence-corrected chi connectivity index (χ4v) is 5.64. The summed E-state index contributed by atoms with van der Waals surface area (Å²) in [5, 5.41) is 0. The van der Waals surface area contributed by atoms with E-state index in [4.69, 9.17) is 0 Å². The summed E-state index contributed by atoms with van der Waals surface area (Å²) >= 11 is 0. The van der Waals surface area contributed by atoms with Gasteiger partial charge in [0.05, 0.1) is 11.5 Å². The number of hydrogen-bond acceptors (Lipinski definition) is 4. The van der Waals surface area contributed by atoms with Crippen LogP contribution in [0.1, 0.15) is 105 Å². The zero-order chi connectivity index (χ0) is 22.2. The summed E-state index contributed by atoms with van der Waals surface area (Å²) in [6, 6.07) is 0. The van der Waals surface area contributed by atoms with Gasteiger partial charge in [0.25, 0.3) is 0 Å². The Morgan fingerprint density at radius 3 is 1.21 bits per heavy atom. The van der Waals surface area contributed by atoms with Crippen molar-refractivity contribution in [1.82, 2.24) is 9.44 Å². The SMILES string of the molecule is CCCCCCCCS(=O)(=O)NCC(C)(C)CNS(=O)(=O)CCCCCCCC. The molecule has 0 atom stereocenters. The summed E-state index contributed by atoms with van der Waals surface area (Å²) in [7, 11) is -6.63. The van der Waals surface area contributed by atoms with Crippen LogP contribution in [-0.2, 0) is 20.0 Å². The molecule has 0 aromatic rings. The molecule has 0 saturated heterocycles. The molecule has 29 heavy (non-hydrogen) atoms. The van der Waals surface area contributed by atoms with Crippen molar-refractivity contribution in [3.63, 3.8) is 0 Å². The molecule has 0 aliphatic carbocycles. The molecule has 0 amide bonds. The molecule has 0 unspecified atom stereocenters. The third-order valence-corrected chi connectivity index (χ3v) is 7.90. The first kappa shape index (κ1) is 28.8. The Kier molecular flexibility index (Phi) is 15.5. The lowest BCUT2D eigenvalue weighted by molar-refractivity contribution is 0.361. The minimum atomic E-state index is -3.31. The fourth-order valence-electron chi connectivity index (χ4n) is 2.96. The highest BCUT2D eigenvalue weighted by Gasteiger charge is 2.23. The molecule has 6 nitrogen and oxygen atoms in total. The van der Waals surface area contributed by atoms with Crippen LogP contribution >= 0.6 is 0 Å². The van der Waals surface area contributed by atoms with Gasteiger partial charge in [-0.05, 0) is 18.3 Å². The Labute approximate surface area is 181 Å². The topological polar surface area (TPSA) is 92.3 Å². The van der Waals surface area contributed by atoms with Crippen LogP contribution in [0.3, 0.4) is 0 Å². The van der Waals surface area contributed by atoms with Crippen LogP contribution in [0.5, 0.6) is 0 Å². The first-order chi connectivity index (χ1) is 13.5. The van der Waals surface area contributed by atoms with Gasteiger partial charge in [-0.2, -0.15) is 0 Å². The molecular weight excluding hydrogens is 408 g/mol. The lowest BCUT2D eigenvalue weighted by Crippen LogP contribution is -2.43. The number of hydrogen-bond donors (Lipinski definition) is 2. The predicted octanol–water partition coefficient (Wildman–Crippen LogP) is 4.57. The smallest absolute Gasteiger partial charge is 0.211 e. The molecule has 2 N–H and O–H groups in total. The predicted molar refractivity (Wildman–Crippen MR) is 124 cm³/mol. The maximum atomic E-state index is 12.2. The lowest BCUT2D eigenvalue weighted by Gasteiger charge is -2.25. The number of sulfonamides is 2. The van der Waals surface area contributed by atoms with Crippen LogP contribution in [-0.4, -0.2) is 41.4 Å². The average Bonchev–Trinajstić information content (AvgIpc) is 2.65. The first-order valence-electron chi connectivity index (χ1n) is 11.5. The summed E-state index contributed by atoms with van der Waals surface area (Å²) in [6.07, 6.45) is 12.5. The maximum absolute atomic E-state index is 12.2. The second-order valence-corrected chi connectivity index (χ2v) is 12.8. The van der Waals surface area contributed by atoms with Crippen molar-refractivity contribution in [3.05, 3.63) is 0 Å². The van der Waals surface area contributed by atoms with E-state index in [2.05, 4.69) is 23.3 Å². The van der Waals surface area contributed by atoms with Crippen molar-refractivity contribution >= 4 is 20.0 Å². The second kappa shape index (κ2) is 15.6. The summed E-state index contributed by atoms with van der Waals surface area (Å²) in [5.41, 5.74) is -0.484. The molecule has 0 aromatic heterocycles. The van der Waals surface area contributed by atoms with Crippen molar-refractivity contribution < 1.29 is 16.8 Å². The van der Waals surface area contributed by atoms with E-state index in [0.717, 1.165) is 38.5 Å². The monoisotopic (exact) mass is 454 g/mol. The molecule has 176 valence electrons. The van der Waals surface area contributed by atoms with E-state index in [9.17, 15) is 16.8 Å². The van der Waals surface area contributed by atoms with Gasteiger partial charge in [0.2, 0.25) is 20.0 Å². The first-order valence-corrected chi connectivity index (χ1v) is 14.8. The molecule has 0 radical (unpaired) electrons. The molecule has 0 rings (SSSR count). The number of rotatable bonds is 20. The summed E-state index contributed by atoms with van der Waals surface area (Å²) in [4.78, 5) is 0. The second-order valence-electron chi connectivity index (χ2n) is 8.98. The van der Waals surface area contributed by atoms with Gasteiger partial charge in [0, 0.05) is 13.1 Å². The van der Waals surface area contributed by atoms with Gasteiger partial charge in [0.1, 0.15) is 0 Å². The molecular formula is C21H46N2O4S2. The zero-order valence-electron chi connectivity index (χ0n) is 19.3. The van der Waals surface area contributed by atoms with Crippen LogP contribution in [0.2, 0.25) is 0 Å². The molecule has 0 fully saturated rings. The zero-order valence-corrected chi connectivity index (χ0v) is 20.9. The Morgan fingerprint density at radius 1 is 0.552 bits per heavy atom. The quantitative estimate of drug-likeness (QED) is 0.264. The third kappa shape index (κ3) is 18.3. The highest BCUT2D eigenvalue weighted by molar-refractivity contribution is 7.89. The van der Waals surface area contributed by atoms with Crippen LogP contribution in [0.25, 0.3) is 0 Å². The minimum absolute atomic E-state index is 0.138. The summed E-state index contributed by atoms with van der Waals surface area (Å²) < 4.78 is 54.0. The Morgan fingerprint density at radius 2 is 0.862 bits per heavy atom. The van der Waals surface area contributed by atoms with E-state index in [1.54, 1.807) is 0 Å². The molecule has 0 spiro atoms. The highest BCUT2D eigenvalue weighted by atomic mass is 32.2. The van der Waals surface area contributed by atoms with Gasteiger partial charge in [0.15, 0.2) is 0 Å². The molecule has 0 saturated carbocycles. The van der Waals surface area contributed by atoms with Crippen molar-refractivity contribution in [3.8, 4) is 0 Å². The Balaban J connectivity index is 4.10. The van der Waals surface area contributed by atoms with Crippen molar-refractivity contribution in [2.24, 2.45) is 5.41 Å². The fraction of sp³-hybridized carbons (Fsp3) is 1.00. The van der Waals surface area contributed by atoms with Crippen molar-refractivity contribution in [2.75, 3.05) is 24.6 Å². The van der Waals surface area contributed by atoms with Crippen molar-refractivity contribution in [1.29, 1.82) is 0 Å². The highest BCUT2D eigenvalue weighted by Crippen LogP contribution is 2.14. The van der Waals surface area contributed by atoms with E-state index in [-0.39, 0.29) is 24.6 Å². The van der Waals surface area contributed by atoms with Gasteiger partial charge in [-0.15, -0.1) is 0 Å². The number of unbranched alkanes of at least 4 members (excludes halogenated alkanes) is 10. The normalized spacial score (nSPS) is 13.1. The maximum Gasteiger partial charge on any atom is 0.211 e. The van der Waals surface area contributed by atoms with Gasteiger partial charge < -0.3 is 0 Å². The summed E-state index contributed by atoms with van der Waals surface area (Å²) in [5.74, 6) is 0.276. The molecule has 0 aliphatic heterocycles. The largest absolute Gasteiger partial charge is 0.215 e. The van der Waals surface area contributed by atoms with Gasteiger partial charge in [-0.25, -0.2) is 26.3 Å². The minimum Gasteiger partial charge on any atom is -0.215 e. The van der Waals surface area contributed by atoms with Crippen LogP contribution < -0.4 is 9.44 Å². The van der Waals surface area contributed by atoms with Crippen molar-refractivity contribution in [2.45, 2.75) is 105 Å². The lowest BCUT2D eigenvalue weighted by atomic mass is 9.95. The molecule has 0 aliphatic rings.